The van der Waals surface area contributed by atoms with E-state index < -0.39 is 0 Å². The SMILES string of the molecule is CCCNC1CCCc2c1cnn2Cc1ccccc1Cl. The van der Waals surface area contributed by atoms with Gasteiger partial charge in [0.2, 0.25) is 0 Å². The summed E-state index contributed by atoms with van der Waals surface area (Å²) >= 11 is 6.27. The van der Waals surface area contributed by atoms with Crippen molar-refractivity contribution in [3.63, 3.8) is 0 Å². The Morgan fingerprint density at radius 2 is 2.24 bits per heavy atom. The molecular formula is C17H22ClN3. The average Bonchev–Trinajstić information content (AvgIpc) is 2.91. The fraction of sp³-hybridized carbons (Fsp3) is 0.471. The molecule has 0 saturated carbocycles. The van der Waals surface area contributed by atoms with E-state index in [0.29, 0.717) is 6.04 Å². The van der Waals surface area contributed by atoms with Gasteiger partial charge >= 0.3 is 0 Å². The predicted octanol–water partition coefficient (Wildman–Crippen LogP) is 3.96. The van der Waals surface area contributed by atoms with Crippen molar-refractivity contribution in [3.8, 4) is 0 Å². The van der Waals surface area contributed by atoms with Crippen LogP contribution in [0.4, 0.5) is 0 Å². The van der Waals surface area contributed by atoms with E-state index in [-0.39, 0.29) is 0 Å². The normalized spacial score (nSPS) is 17.7. The van der Waals surface area contributed by atoms with Crippen LogP contribution < -0.4 is 5.32 Å². The number of rotatable bonds is 5. The molecule has 1 aromatic carbocycles. The Balaban J connectivity index is 1.82. The van der Waals surface area contributed by atoms with Crippen LogP contribution >= 0.6 is 11.6 Å². The lowest BCUT2D eigenvalue weighted by Crippen LogP contribution is -2.26. The maximum Gasteiger partial charge on any atom is 0.0677 e. The number of nitrogens with one attached hydrogen (secondary N) is 1. The first-order valence-corrected chi connectivity index (χ1v) is 8.18. The molecular weight excluding hydrogens is 282 g/mol. The second-order valence-corrected chi connectivity index (χ2v) is 6.10. The van der Waals surface area contributed by atoms with Gasteiger partial charge in [0.05, 0.1) is 12.7 Å². The van der Waals surface area contributed by atoms with E-state index in [1.54, 1.807) is 0 Å². The summed E-state index contributed by atoms with van der Waals surface area (Å²) in [6, 6.07) is 8.48. The van der Waals surface area contributed by atoms with Crippen LogP contribution in [0.3, 0.4) is 0 Å². The topological polar surface area (TPSA) is 29.9 Å². The van der Waals surface area contributed by atoms with E-state index >= 15 is 0 Å². The Labute approximate surface area is 131 Å². The summed E-state index contributed by atoms with van der Waals surface area (Å²) in [6.07, 6.45) is 6.76. The minimum absolute atomic E-state index is 0.466. The van der Waals surface area contributed by atoms with Crippen LogP contribution in [0.1, 0.15) is 49.0 Å². The third-order valence-electron chi connectivity index (χ3n) is 4.18. The lowest BCUT2D eigenvalue weighted by molar-refractivity contribution is 0.451. The van der Waals surface area contributed by atoms with Gasteiger partial charge in [0.1, 0.15) is 0 Å². The Bertz CT molecular complexity index is 606. The standard InChI is InChI=1S/C17H22ClN3/c1-2-10-19-16-8-5-9-17-14(16)11-20-21(17)12-13-6-3-4-7-15(13)18/h3-4,6-7,11,16,19H,2,5,8-10,12H2,1H3. The maximum absolute atomic E-state index is 6.27. The van der Waals surface area contributed by atoms with Crippen molar-refractivity contribution in [2.75, 3.05) is 6.54 Å². The number of fused-ring (bicyclic) bond motifs is 1. The molecule has 112 valence electrons. The van der Waals surface area contributed by atoms with Crippen LogP contribution in [-0.4, -0.2) is 16.3 Å². The first kappa shape index (κ1) is 14.6. The van der Waals surface area contributed by atoms with Gasteiger partial charge in [0.15, 0.2) is 0 Å². The Morgan fingerprint density at radius 1 is 1.38 bits per heavy atom. The van der Waals surface area contributed by atoms with Gasteiger partial charge in [-0.25, -0.2) is 0 Å². The molecule has 1 heterocycles. The zero-order chi connectivity index (χ0) is 14.7. The molecule has 1 aliphatic rings. The fourth-order valence-electron chi connectivity index (χ4n) is 3.07. The second kappa shape index (κ2) is 6.63. The van der Waals surface area contributed by atoms with E-state index in [0.717, 1.165) is 30.1 Å². The van der Waals surface area contributed by atoms with Gasteiger partial charge in [-0.3, -0.25) is 4.68 Å². The van der Waals surface area contributed by atoms with Gasteiger partial charge in [-0.15, -0.1) is 0 Å². The lowest BCUT2D eigenvalue weighted by Gasteiger charge is -2.24. The highest BCUT2D eigenvalue weighted by Gasteiger charge is 2.23. The summed E-state index contributed by atoms with van der Waals surface area (Å²) in [5, 5.41) is 9.06. The van der Waals surface area contributed by atoms with Gasteiger partial charge in [-0.1, -0.05) is 36.7 Å². The van der Waals surface area contributed by atoms with Crippen molar-refractivity contribution in [2.45, 2.75) is 45.2 Å². The molecule has 0 radical (unpaired) electrons. The summed E-state index contributed by atoms with van der Waals surface area (Å²) < 4.78 is 2.12. The molecule has 1 aliphatic carbocycles. The van der Waals surface area contributed by atoms with E-state index in [1.807, 2.05) is 24.4 Å². The Morgan fingerprint density at radius 3 is 3.05 bits per heavy atom. The Hall–Kier alpha value is -1.32. The molecule has 4 heteroatoms. The lowest BCUT2D eigenvalue weighted by atomic mass is 9.93. The maximum atomic E-state index is 6.27. The zero-order valence-corrected chi connectivity index (χ0v) is 13.2. The molecule has 0 amide bonds. The number of hydrogen-bond donors (Lipinski definition) is 1. The van der Waals surface area contributed by atoms with E-state index in [9.17, 15) is 0 Å². The highest BCUT2D eigenvalue weighted by atomic mass is 35.5. The number of hydrogen-bond acceptors (Lipinski definition) is 2. The van der Waals surface area contributed by atoms with Crippen molar-refractivity contribution >= 4 is 11.6 Å². The smallest absolute Gasteiger partial charge is 0.0677 e. The monoisotopic (exact) mass is 303 g/mol. The molecule has 1 unspecified atom stereocenters. The summed E-state index contributed by atoms with van der Waals surface area (Å²) in [4.78, 5) is 0. The molecule has 21 heavy (non-hydrogen) atoms. The highest BCUT2D eigenvalue weighted by Crippen LogP contribution is 2.30. The molecule has 0 fully saturated rings. The average molecular weight is 304 g/mol. The van der Waals surface area contributed by atoms with E-state index in [1.165, 1.54) is 30.5 Å². The van der Waals surface area contributed by atoms with Gasteiger partial charge in [-0.2, -0.15) is 5.10 Å². The second-order valence-electron chi connectivity index (χ2n) is 5.69. The van der Waals surface area contributed by atoms with Gasteiger partial charge in [0.25, 0.3) is 0 Å². The molecule has 1 N–H and O–H groups in total. The molecule has 0 aliphatic heterocycles. The number of benzene rings is 1. The van der Waals surface area contributed by atoms with Gasteiger partial charge < -0.3 is 5.32 Å². The van der Waals surface area contributed by atoms with Gasteiger partial charge in [0, 0.05) is 22.3 Å². The van der Waals surface area contributed by atoms with Crippen LogP contribution in [0, 0.1) is 0 Å². The van der Waals surface area contributed by atoms with Crippen LogP contribution in [-0.2, 0) is 13.0 Å². The number of aromatic nitrogens is 2. The van der Waals surface area contributed by atoms with Crippen molar-refractivity contribution in [2.24, 2.45) is 0 Å². The molecule has 3 nitrogen and oxygen atoms in total. The largest absolute Gasteiger partial charge is 0.310 e. The quantitative estimate of drug-likeness (QED) is 0.906. The Kier molecular flexibility index (Phi) is 4.61. The van der Waals surface area contributed by atoms with E-state index in [2.05, 4.69) is 28.1 Å². The first-order chi connectivity index (χ1) is 10.3. The van der Waals surface area contributed by atoms with E-state index in [4.69, 9.17) is 11.6 Å². The summed E-state index contributed by atoms with van der Waals surface area (Å²) in [5.74, 6) is 0. The van der Waals surface area contributed by atoms with Crippen LogP contribution in [0.5, 0.6) is 0 Å². The molecule has 0 saturated heterocycles. The fourth-order valence-corrected chi connectivity index (χ4v) is 3.27. The van der Waals surface area contributed by atoms with Crippen LogP contribution in [0.25, 0.3) is 0 Å². The van der Waals surface area contributed by atoms with Crippen molar-refractivity contribution < 1.29 is 0 Å². The minimum Gasteiger partial charge on any atom is -0.310 e. The molecule has 1 atom stereocenters. The zero-order valence-electron chi connectivity index (χ0n) is 12.5. The molecule has 0 spiro atoms. The molecule has 1 aromatic heterocycles. The predicted molar refractivity (Wildman–Crippen MR) is 86.8 cm³/mol. The van der Waals surface area contributed by atoms with Gasteiger partial charge in [-0.05, 0) is 43.9 Å². The van der Waals surface area contributed by atoms with Crippen molar-refractivity contribution in [1.29, 1.82) is 0 Å². The molecule has 0 bridgehead atoms. The first-order valence-electron chi connectivity index (χ1n) is 7.81. The van der Waals surface area contributed by atoms with Crippen molar-refractivity contribution in [1.82, 2.24) is 15.1 Å². The van der Waals surface area contributed by atoms with Crippen LogP contribution in [0.15, 0.2) is 30.5 Å². The molecule has 2 aromatic rings. The summed E-state index contributed by atoms with van der Waals surface area (Å²) in [5.41, 5.74) is 3.88. The van der Waals surface area contributed by atoms with Crippen molar-refractivity contribution in [3.05, 3.63) is 52.3 Å². The summed E-state index contributed by atoms with van der Waals surface area (Å²) in [6.45, 7) is 4.03. The minimum atomic E-state index is 0.466. The summed E-state index contributed by atoms with van der Waals surface area (Å²) in [7, 11) is 0. The number of halogens is 1. The highest BCUT2D eigenvalue weighted by molar-refractivity contribution is 6.31. The molecule has 3 rings (SSSR count). The third-order valence-corrected chi connectivity index (χ3v) is 4.55. The number of nitrogens with zero attached hydrogens (tertiary/aromatic N) is 2. The third kappa shape index (κ3) is 3.14. The van der Waals surface area contributed by atoms with Crippen LogP contribution in [0.2, 0.25) is 5.02 Å².